The summed E-state index contributed by atoms with van der Waals surface area (Å²) >= 11 is 3.13. The first-order chi connectivity index (χ1) is 15.1. The van der Waals surface area contributed by atoms with Crippen LogP contribution in [0.15, 0.2) is 58.9 Å². The Labute approximate surface area is 190 Å². The van der Waals surface area contributed by atoms with Crippen molar-refractivity contribution >= 4 is 39.2 Å². The van der Waals surface area contributed by atoms with E-state index in [1.54, 1.807) is 39.2 Å². The van der Waals surface area contributed by atoms with Gasteiger partial charge >= 0.3 is 0 Å². The van der Waals surface area contributed by atoms with Gasteiger partial charge in [-0.25, -0.2) is 0 Å². The number of benzene rings is 2. The third-order valence-corrected chi connectivity index (χ3v) is 6.78. The molecule has 0 saturated heterocycles. The molecular weight excluding hydrogens is 432 g/mol. The fraction of sp³-hybridized carbons (Fsp3) is 0.304. The number of hydrogen-bond donors (Lipinski definition) is 0. The number of ether oxygens (including phenoxy) is 3. The van der Waals surface area contributed by atoms with E-state index in [-0.39, 0.29) is 5.91 Å². The van der Waals surface area contributed by atoms with Gasteiger partial charge in [-0.3, -0.25) is 4.79 Å². The maximum atomic E-state index is 12.6. The molecule has 1 aromatic heterocycles. The van der Waals surface area contributed by atoms with Crippen LogP contribution in [-0.4, -0.2) is 37.6 Å². The zero-order chi connectivity index (χ0) is 22.2. The van der Waals surface area contributed by atoms with Gasteiger partial charge in [0.25, 0.3) is 0 Å². The molecule has 0 saturated carbocycles. The molecule has 2 aromatic carbocycles. The largest absolute Gasteiger partial charge is 0.497 e. The number of methoxy groups -OCH3 is 3. The molecule has 0 aliphatic rings. The average molecular weight is 459 g/mol. The lowest BCUT2D eigenvalue weighted by Gasteiger charge is -2.08. The molecule has 0 aliphatic carbocycles. The van der Waals surface area contributed by atoms with Crippen LogP contribution in [0.3, 0.4) is 0 Å². The monoisotopic (exact) mass is 458 g/mol. The number of amides is 1. The second-order valence-electron chi connectivity index (χ2n) is 6.56. The van der Waals surface area contributed by atoms with Gasteiger partial charge in [-0.15, -0.1) is 18.3 Å². The number of fused-ring (bicyclic) bond motifs is 1. The molecule has 0 fully saturated rings. The van der Waals surface area contributed by atoms with E-state index >= 15 is 0 Å². The third kappa shape index (κ3) is 5.51. The summed E-state index contributed by atoms with van der Waals surface area (Å²) in [5.41, 5.74) is 0.855. The lowest BCUT2D eigenvalue weighted by molar-refractivity contribution is -0.118. The minimum Gasteiger partial charge on any atom is -0.497 e. The number of allylic oxidation sites excluding steroid dienone is 1. The van der Waals surface area contributed by atoms with E-state index in [0.717, 1.165) is 38.8 Å². The van der Waals surface area contributed by atoms with Crippen LogP contribution in [0.1, 0.15) is 12.8 Å². The molecule has 0 unspecified atom stereocenters. The number of hydrogen-bond acceptors (Lipinski definition) is 6. The number of carbonyl (C=O) groups excluding carboxylic acids is 1. The summed E-state index contributed by atoms with van der Waals surface area (Å²) in [6.07, 6.45) is 2.91. The molecule has 0 aliphatic heterocycles. The number of thiazole rings is 1. The maximum absolute atomic E-state index is 12.6. The fourth-order valence-corrected chi connectivity index (χ4v) is 5.10. The zero-order valence-corrected chi connectivity index (χ0v) is 19.6. The van der Waals surface area contributed by atoms with Gasteiger partial charge in [0.1, 0.15) is 27.5 Å². The number of thioether (sulfide) groups is 1. The maximum Gasteiger partial charge on any atom is 0.248 e. The third-order valence-electron chi connectivity index (χ3n) is 4.59. The summed E-state index contributed by atoms with van der Waals surface area (Å²) in [5, 5.41) is 0. The smallest absolute Gasteiger partial charge is 0.248 e. The summed E-state index contributed by atoms with van der Waals surface area (Å²) < 4.78 is 19.0. The van der Waals surface area contributed by atoms with Crippen molar-refractivity contribution in [3.8, 4) is 17.2 Å². The molecule has 0 N–H and O–H groups in total. The standard InChI is InChI=1S/C23H26N2O4S2/c1-5-14-25-21-18(28-3)12-13-19(29-4)22(21)31-23(25)24-20(26)7-6-15-30-17-10-8-16(27-2)9-11-17/h5,8-13H,1,6-7,14-15H2,2-4H3. The minimum atomic E-state index is -0.141. The SMILES string of the molecule is C=CCn1c(=NC(=O)CCCSc2ccc(OC)cc2)sc2c(OC)ccc(OC)c21. The molecule has 8 heteroatoms. The van der Waals surface area contributed by atoms with E-state index in [2.05, 4.69) is 11.6 Å². The molecule has 31 heavy (non-hydrogen) atoms. The van der Waals surface area contributed by atoms with Gasteiger partial charge < -0.3 is 18.8 Å². The van der Waals surface area contributed by atoms with Crippen LogP contribution in [0, 0.1) is 0 Å². The molecule has 3 rings (SSSR count). The summed E-state index contributed by atoms with van der Waals surface area (Å²) in [6, 6.07) is 11.6. The van der Waals surface area contributed by atoms with Gasteiger partial charge in [-0.2, -0.15) is 4.99 Å². The Morgan fingerprint density at radius 1 is 1.10 bits per heavy atom. The molecule has 3 aromatic rings. The minimum absolute atomic E-state index is 0.141. The Morgan fingerprint density at radius 3 is 2.45 bits per heavy atom. The Bertz CT molecular complexity index is 1120. The molecular formula is C23H26N2O4S2. The molecule has 0 bridgehead atoms. The predicted octanol–water partition coefficient (Wildman–Crippen LogP) is 4.91. The van der Waals surface area contributed by atoms with E-state index in [0.29, 0.717) is 23.5 Å². The fourth-order valence-electron chi connectivity index (χ4n) is 3.09. The first-order valence-corrected chi connectivity index (χ1v) is 11.6. The van der Waals surface area contributed by atoms with Crippen LogP contribution in [0.5, 0.6) is 17.2 Å². The van der Waals surface area contributed by atoms with Crippen LogP contribution < -0.4 is 19.0 Å². The topological polar surface area (TPSA) is 62.1 Å². The highest BCUT2D eigenvalue weighted by atomic mass is 32.2. The molecule has 0 atom stereocenters. The van der Waals surface area contributed by atoms with Crippen molar-refractivity contribution in [1.82, 2.24) is 4.57 Å². The zero-order valence-electron chi connectivity index (χ0n) is 17.9. The lowest BCUT2D eigenvalue weighted by Crippen LogP contribution is -2.16. The second-order valence-corrected chi connectivity index (χ2v) is 8.71. The van der Waals surface area contributed by atoms with Crippen LogP contribution in [0.2, 0.25) is 0 Å². The van der Waals surface area contributed by atoms with Crippen molar-refractivity contribution in [2.75, 3.05) is 27.1 Å². The quantitative estimate of drug-likeness (QED) is 0.245. The van der Waals surface area contributed by atoms with Crippen LogP contribution in [-0.2, 0) is 11.3 Å². The van der Waals surface area contributed by atoms with Gasteiger partial charge in [0.2, 0.25) is 5.91 Å². The number of nitrogens with zero attached hydrogens (tertiary/aromatic N) is 2. The van der Waals surface area contributed by atoms with Crippen LogP contribution >= 0.6 is 23.1 Å². The molecule has 1 amide bonds. The summed E-state index contributed by atoms with van der Waals surface area (Å²) in [5.74, 6) is 2.97. The van der Waals surface area contributed by atoms with Crippen molar-refractivity contribution in [3.05, 3.63) is 53.9 Å². The normalized spacial score (nSPS) is 11.5. The number of rotatable bonds is 10. The number of carbonyl (C=O) groups is 1. The first kappa shape index (κ1) is 23.0. The molecule has 0 spiro atoms. The van der Waals surface area contributed by atoms with Crippen molar-refractivity contribution in [3.63, 3.8) is 0 Å². The van der Waals surface area contributed by atoms with Crippen LogP contribution in [0.25, 0.3) is 10.2 Å². The van der Waals surface area contributed by atoms with Crippen LogP contribution in [0.4, 0.5) is 0 Å². The van der Waals surface area contributed by atoms with Gasteiger partial charge in [0, 0.05) is 17.9 Å². The molecule has 164 valence electrons. The first-order valence-electron chi connectivity index (χ1n) is 9.81. The van der Waals surface area contributed by atoms with E-state index in [4.69, 9.17) is 14.2 Å². The van der Waals surface area contributed by atoms with Gasteiger partial charge in [-0.05, 0) is 48.6 Å². The van der Waals surface area contributed by atoms with Crippen molar-refractivity contribution in [2.24, 2.45) is 4.99 Å². The van der Waals surface area contributed by atoms with Crippen molar-refractivity contribution < 1.29 is 19.0 Å². The average Bonchev–Trinajstić information content (AvgIpc) is 3.14. The van der Waals surface area contributed by atoms with Gasteiger partial charge in [0.05, 0.1) is 21.3 Å². The second kappa shape index (κ2) is 11.1. The highest BCUT2D eigenvalue weighted by Crippen LogP contribution is 2.35. The molecule has 0 radical (unpaired) electrons. The Morgan fingerprint density at radius 2 is 1.81 bits per heavy atom. The van der Waals surface area contributed by atoms with E-state index in [9.17, 15) is 4.79 Å². The predicted molar refractivity (Wildman–Crippen MR) is 127 cm³/mol. The Balaban J connectivity index is 1.75. The number of aromatic nitrogens is 1. The Kier molecular flexibility index (Phi) is 8.20. The molecule has 1 heterocycles. The lowest BCUT2D eigenvalue weighted by atomic mass is 10.3. The van der Waals surface area contributed by atoms with E-state index in [1.807, 2.05) is 41.0 Å². The van der Waals surface area contributed by atoms with Gasteiger partial charge in [0.15, 0.2) is 4.80 Å². The molecule has 6 nitrogen and oxygen atoms in total. The highest BCUT2D eigenvalue weighted by molar-refractivity contribution is 7.99. The summed E-state index contributed by atoms with van der Waals surface area (Å²) in [7, 11) is 4.90. The van der Waals surface area contributed by atoms with Crippen molar-refractivity contribution in [2.45, 2.75) is 24.3 Å². The summed E-state index contributed by atoms with van der Waals surface area (Å²) in [6.45, 7) is 4.35. The van der Waals surface area contributed by atoms with Crippen molar-refractivity contribution in [1.29, 1.82) is 0 Å². The van der Waals surface area contributed by atoms with E-state index < -0.39 is 0 Å². The summed E-state index contributed by atoms with van der Waals surface area (Å²) in [4.78, 5) is 18.7. The Hall–Kier alpha value is -2.71. The van der Waals surface area contributed by atoms with E-state index in [1.165, 1.54) is 11.3 Å². The van der Waals surface area contributed by atoms with Gasteiger partial charge in [-0.1, -0.05) is 17.4 Å². The highest BCUT2D eigenvalue weighted by Gasteiger charge is 2.16.